The smallest absolute Gasteiger partial charge is 0.354 e. The summed E-state index contributed by atoms with van der Waals surface area (Å²) in [7, 11) is 1.59. The minimum Gasteiger partial charge on any atom is -0.495 e. The molecule has 0 unspecified atom stereocenters. The van der Waals surface area contributed by atoms with Gasteiger partial charge in [-0.3, -0.25) is 4.79 Å². The molecule has 0 atom stereocenters. The van der Waals surface area contributed by atoms with E-state index in [0.29, 0.717) is 28.4 Å². The molecule has 0 amide bonds. The Hall–Kier alpha value is -2.88. The van der Waals surface area contributed by atoms with Crippen molar-refractivity contribution in [2.24, 2.45) is 10.8 Å². The van der Waals surface area contributed by atoms with E-state index in [2.05, 4.69) is 95.2 Å². The quantitative estimate of drug-likeness (QED) is 0.304. The van der Waals surface area contributed by atoms with Crippen LogP contribution in [0.15, 0.2) is 68.8 Å². The van der Waals surface area contributed by atoms with E-state index < -0.39 is 0 Å². The normalized spacial score (nSPS) is 19.5. The Labute approximate surface area is 223 Å². The van der Waals surface area contributed by atoms with Crippen LogP contribution in [-0.4, -0.2) is 12.9 Å². The summed E-state index contributed by atoms with van der Waals surface area (Å²) in [5.74, 6) is 3.50. The van der Waals surface area contributed by atoms with E-state index in [-0.39, 0.29) is 27.4 Å². The van der Waals surface area contributed by atoms with E-state index in [0.717, 1.165) is 22.7 Å². The molecule has 1 aliphatic carbocycles. The zero-order valence-corrected chi connectivity index (χ0v) is 25.1. The van der Waals surface area contributed by atoms with Gasteiger partial charge in [-0.25, -0.2) is 4.42 Å². The van der Waals surface area contributed by atoms with Gasteiger partial charge in [-0.1, -0.05) is 62.3 Å². The molecule has 0 N–H and O–H groups in total. The summed E-state index contributed by atoms with van der Waals surface area (Å²) in [5, 5.41) is 0. The Bertz CT molecular complexity index is 1220. The monoisotopic (exact) mass is 505 g/mol. The Morgan fingerprint density at radius 1 is 0.784 bits per heavy atom. The number of rotatable bonds is 3. The molecule has 0 radical (unpaired) electrons. The van der Waals surface area contributed by atoms with E-state index in [1.54, 1.807) is 19.3 Å². The van der Waals surface area contributed by atoms with Crippen LogP contribution in [0, 0.1) is 10.8 Å². The Morgan fingerprint density at radius 3 is 1.89 bits per heavy atom. The molecule has 4 heteroatoms. The summed E-state index contributed by atoms with van der Waals surface area (Å²) >= 11 is 0. The number of hydrogen-bond donors (Lipinski definition) is 0. The van der Waals surface area contributed by atoms with Crippen molar-refractivity contribution in [3.63, 3.8) is 0 Å². The topological polar surface area (TPSA) is 46.8 Å². The molecule has 3 rings (SSSR count). The molecule has 37 heavy (non-hydrogen) atoms. The Morgan fingerprint density at radius 2 is 1.41 bits per heavy atom. The first-order valence-corrected chi connectivity index (χ1v) is 13.1. The van der Waals surface area contributed by atoms with Gasteiger partial charge >= 0.3 is 11.5 Å². The Kier molecular flexibility index (Phi) is 7.33. The fourth-order valence-electron chi connectivity index (χ4n) is 3.99. The molecule has 4 nitrogen and oxygen atoms in total. The highest BCUT2D eigenvalue weighted by atomic mass is 16.5. The predicted octanol–water partition coefficient (Wildman–Crippen LogP) is 8.84. The van der Waals surface area contributed by atoms with Crippen LogP contribution in [0.1, 0.15) is 100 Å². The van der Waals surface area contributed by atoms with Crippen molar-refractivity contribution in [3.8, 4) is 0 Å². The van der Waals surface area contributed by atoms with Gasteiger partial charge in [-0.15, -0.1) is 0 Å². The second-order valence-corrected chi connectivity index (χ2v) is 14.2. The number of ketones is 1. The van der Waals surface area contributed by atoms with Gasteiger partial charge in [0.05, 0.1) is 29.7 Å². The first kappa shape index (κ1) is 28.7. The molecular weight excluding hydrogens is 460 g/mol. The van der Waals surface area contributed by atoms with Gasteiger partial charge < -0.3 is 9.47 Å². The lowest BCUT2D eigenvalue weighted by atomic mass is 9.81. The van der Waals surface area contributed by atoms with Gasteiger partial charge in [0.1, 0.15) is 17.3 Å². The number of carbonyl (C=O) groups is 1. The number of allylic oxidation sites excluding steroid dienone is 7. The molecule has 0 aromatic carbocycles. The zero-order chi connectivity index (χ0) is 28.1. The third-order valence-corrected chi connectivity index (χ3v) is 6.59. The molecule has 0 spiro atoms. The fraction of sp³-hybridized carbons (Fsp3) is 0.515. The van der Waals surface area contributed by atoms with E-state index in [1.807, 2.05) is 12.1 Å². The third-order valence-electron chi connectivity index (χ3n) is 6.59. The SMILES string of the molecule is COC1=C(/C=C2\C=C(C(C)(C)C)C=C(C(C)(C)C)O2)C(=O)/C1=C\c1cc(C(C)(C)C)cc(C(C)(C)C)[o+]1. The largest absolute Gasteiger partial charge is 0.495 e. The second kappa shape index (κ2) is 9.45. The van der Waals surface area contributed by atoms with Crippen LogP contribution >= 0.6 is 0 Å². The molecule has 1 aliphatic heterocycles. The zero-order valence-electron chi connectivity index (χ0n) is 25.1. The number of Topliss-reactive ketones (excluding diaryl/α,β-unsaturated/α-hetero) is 1. The van der Waals surface area contributed by atoms with Crippen LogP contribution in [0.5, 0.6) is 0 Å². The van der Waals surface area contributed by atoms with Crippen LogP contribution in [0.25, 0.3) is 6.08 Å². The van der Waals surface area contributed by atoms with Crippen molar-refractivity contribution in [1.29, 1.82) is 0 Å². The van der Waals surface area contributed by atoms with Crippen LogP contribution in [0.2, 0.25) is 0 Å². The van der Waals surface area contributed by atoms with Gasteiger partial charge in [0, 0.05) is 17.5 Å². The van der Waals surface area contributed by atoms with Gasteiger partial charge in [0.2, 0.25) is 5.78 Å². The number of methoxy groups -OCH3 is 1. The van der Waals surface area contributed by atoms with Gasteiger partial charge in [0.15, 0.2) is 0 Å². The third kappa shape index (κ3) is 6.34. The van der Waals surface area contributed by atoms with E-state index in [4.69, 9.17) is 13.9 Å². The molecule has 1 aromatic rings. The number of hydrogen-bond acceptors (Lipinski definition) is 3. The minimum atomic E-state index is -0.165. The summed E-state index contributed by atoms with van der Waals surface area (Å²) in [6, 6.07) is 4.13. The first-order chi connectivity index (χ1) is 16.7. The molecule has 0 bridgehead atoms. The predicted molar refractivity (Wildman–Crippen MR) is 152 cm³/mol. The highest BCUT2D eigenvalue weighted by molar-refractivity contribution is 6.23. The van der Waals surface area contributed by atoms with Crippen LogP contribution in [-0.2, 0) is 25.1 Å². The van der Waals surface area contributed by atoms with Crippen molar-refractivity contribution in [1.82, 2.24) is 0 Å². The van der Waals surface area contributed by atoms with Crippen molar-refractivity contribution in [2.45, 2.75) is 93.9 Å². The van der Waals surface area contributed by atoms with Crippen molar-refractivity contribution in [2.75, 3.05) is 7.11 Å². The standard InChI is InChI=1S/C33H45O4/c1-30(2,3)20-14-22(36-26(16-20)32(7,8)9)18-24-28(34)25(29(24)35-13)19-23-15-21(31(4,5)6)17-27(37-23)33(10,11)12/h14-19H,1-13H3/q+1. The van der Waals surface area contributed by atoms with Crippen LogP contribution in [0.4, 0.5) is 0 Å². The maximum absolute atomic E-state index is 13.3. The summed E-state index contributed by atoms with van der Waals surface area (Å²) < 4.78 is 18.2. The van der Waals surface area contributed by atoms with Crippen LogP contribution < -0.4 is 0 Å². The maximum atomic E-state index is 13.3. The molecule has 200 valence electrons. The van der Waals surface area contributed by atoms with E-state index >= 15 is 0 Å². The highest BCUT2D eigenvalue weighted by Crippen LogP contribution is 2.41. The molecular formula is C33H45O4+. The van der Waals surface area contributed by atoms with Crippen molar-refractivity contribution < 1.29 is 18.7 Å². The van der Waals surface area contributed by atoms with Gasteiger partial charge in [-0.2, -0.15) is 0 Å². The number of carbonyl (C=O) groups excluding carboxylic acids is 1. The maximum Gasteiger partial charge on any atom is 0.354 e. The van der Waals surface area contributed by atoms with E-state index in [1.165, 1.54) is 0 Å². The van der Waals surface area contributed by atoms with Crippen LogP contribution in [0.3, 0.4) is 0 Å². The van der Waals surface area contributed by atoms with E-state index in [9.17, 15) is 4.79 Å². The average molecular weight is 506 g/mol. The highest BCUT2D eigenvalue weighted by Gasteiger charge is 2.37. The van der Waals surface area contributed by atoms with Gasteiger partial charge in [0.25, 0.3) is 0 Å². The lowest BCUT2D eigenvalue weighted by molar-refractivity contribution is -0.113. The molecule has 2 heterocycles. The Balaban J connectivity index is 2.09. The second-order valence-electron chi connectivity index (χ2n) is 14.2. The molecule has 1 aromatic heterocycles. The van der Waals surface area contributed by atoms with Gasteiger partial charge in [-0.05, 0) is 61.0 Å². The van der Waals surface area contributed by atoms with Crippen molar-refractivity contribution >= 4 is 11.9 Å². The lowest BCUT2D eigenvalue weighted by Gasteiger charge is -2.31. The lowest BCUT2D eigenvalue weighted by Crippen LogP contribution is -2.24. The number of ether oxygens (including phenoxy) is 2. The fourth-order valence-corrected chi connectivity index (χ4v) is 3.99. The molecule has 2 aliphatic rings. The average Bonchev–Trinajstić information content (AvgIpc) is 2.75. The summed E-state index contributed by atoms with van der Waals surface area (Å²) in [5.41, 5.74) is 2.88. The summed E-state index contributed by atoms with van der Waals surface area (Å²) in [6.07, 6.45) is 7.73. The minimum absolute atomic E-state index is 0.0587. The first-order valence-electron chi connectivity index (χ1n) is 13.1. The molecule has 0 saturated heterocycles. The summed E-state index contributed by atoms with van der Waals surface area (Å²) in [6.45, 7) is 25.8. The summed E-state index contributed by atoms with van der Waals surface area (Å²) in [4.78, 5) is 13.3. The molecule has 0 fully saturated rings. The molecule has 0 saturated carbocycles. The van der Waals surface area contributed by atoms with Crippen molar-refractivity contribution in [3.05, 3.63) is 81.4 Å².